The van der Waals surface area contributed by atoms with Crippen LogP contribution in [0.2, 0.25) is 10.0 Å². The van der Waals surface area contributed by atoms with Gasteiger partial charge in [0.2, 0.25) is 0 Å². The molecule has 100 valence electrons. The number of benzene rings is 1. The molecule has 18 heavy (non-hydrogen) atoms. The molecular weight excluding hydrogens is 272 g/mol. The fourth-order valence-electron chi connectivity index (χ4n) is 2.75. The van der Waals surface area contributed by atoms with Gasteiger partial charge in [0, 0.05) is 6.04 Å². The highest BCUT2D eigenvalue weighted by molar-refractivity contribution is 6.39. The first kappa shape index (κ1) is 14.0. The topological polar surface area (TPSA) is 12.0 Å². The molecule has 1 aromatic rings. The molecule has 0 radical (unpaired) electrons. The van der Waals surface area contributed by atoms with Crippen molar-refractivity contribution >= 4 is 28.9 Å². The molecule has 3 unspecified atom stereocenters. The molecule has 0 heterocycles. The van der Waals surface area contributed by atoms with Crippen LogP contribution in [0.5, 0.6) is 0 Å². The van der Waals surface area contributed by atoms with E-state index in [9.17, 15) is 4.39 Å². The first-order chi connectivity index (χ1) is 8.47. The van der Waals surface area contributed by atoms with Crippen molar-refractivity contribution in [2.45, 2.75) is 39.2 Å². The molecule has 4 heteroatoms. The second-order valence-corrected chi connectivity index (χ2v) is 6.21. The average molecular weight is 290 g/mol. The monoisotopic (exact) mass is 289 g/mol. The lowest BCUT2D eigenvalue weighted by Crippen LogP contribution is -2.33. The molecule has 0 aliphatic heterocycles. The zero-order valence-corrected chi connectivity index (χ0v) is 12.2. The lowest BCUT2D eigenvalue weighted by Gasteiger charge is -2.34. The molecule has 1 aliphatic rings. The Bertz CT molecular complexity index is 413. The minimum Gasteiger partial charge on any atom is -0.380 e. The van der Waals surface area contributed by atoms with Crippen LogP contribution < -0.4 is 5.32 Å². The summed E-state index contributed by atoms with van der Waals surface area (Å²) in [7, 11) is 0. The molecule has 0 saturated heterocycles. The lowest BCUT2D eigenvalue weighted by molar-refractivity contribution is 0.276. The number of halogens is 3. The first-order valence-electron chi connectivity index (χ1n) is 6.38. The van der Waals surface area contributed by atoms with Gasteiger partial charge in [0.25, 0.3) is 0 Å². The van der Waals surface area contributed by atoms with E-state index in [2.05, 4.69) is 19.2 Å². The van der Waals surface area contributed by atoms with Gasteiger partial charge >= 0.3 is 0 Å². The van der Waals surface area contributed by atoms with Crippen molar-refractivity contribution < 1.29 is 4.39 Å². The summed E-state index contributed by atoms with van der Waals surface area (Å²) in [6.45, 7) is 4.52. The van der Waals surface area contributed by atoms with Gasteiger partial charge in [0.15, 0.2) is 0 Å². The molecule has 2 rings (SSSR count). The second-order valence-electron chi connectivity index (χ2n) is 5.39. The standard InChI is InChI=1S/C14H18Cl2FN/c1-8-3-4-13(9(2)5-8)18-14-11(15)6-10(17)7-12(14)16/h6-9,13,18H,3-5H2,1-2H3. The van der Waals surface area contributed by atoms with E-state index >= 15 is 0 Å². The lowest BCUT2D eigenvalue weighted by atomic mass is 9.80. The number of hydrogen-bond donors (Lipinski definition) is 1. The summed E-state index contributed by atoms with van der Waals surface area (Å²) >= 11 is 12.1. The van der Waals surface area contributed by atoms with Crippen LogP contribution in [-0.4, -0.2) is 6.04 Å². The maximum absolute atomic E-state index is 13.1. The van der Waals surface area contributed by atoms with Crippen LogP contribution in [0.15, 0.2) is 12.1 Å². The van der Waals surface area contributed by atoms with E-state index in [1.54, 1.807) is 0 Å². The van der Waals surface area contributed by atoms with Crippen molar-refractivity contribution in [1.82, 2.24) is 0 Å². The van der Waals surface area contributed by atoms with Crippen molar-refractivity contribution in [2.24, 2.45) is 11.8 Å². The number of nitrogens with one attached hydrogen (secondary N) is 1. The van der Waals surface area contributed by atoms with Crippen LogP contribution in [0.25, 0.3) is 0 Å². The zero-order chi connectivity index (χ0) is 13.3. The molecule has 1 aliphatic carbocycles. The summed E-state index contributed by atoms with van der Waals surface area (Å²) in [5.74, 6) is 0.948. The third-order valence-corrected chi connectivity index (χ3v) is 4.36. The summed E-state index contributed by atoms with van der Waals surface area (Å²) in [4.78, 5) is 0. The molecule has 1 N–H and O–H groups in total. The molecule has 1 nitrogen and oxygen atoms in total. The van der Waals surface area contributed by atoms with E-state index in [1.165, 1.54) is 25.0 Å². The average Bonchev–Trinajstić information content (AvgIpc) is 2.25. The van der Waals surface area contributed by atoms with Gasteiger partial charge in [0.05, 0.1) is 15.7 Å². The van der Waals surface area contributed by atoms with E-state index in [0.29, 0.717) is 27.7 Å². The van der Waals surface area contributed by atoms with Gasteiger partial charge in [-0.15, -0.1) is 0 Å². The van der Waals surface area contributed by atoms with E-state index in [1.807, 2.05) is 0 Å². The Hall–Kier alpha value is -0.470. The van der Waals surface area contributed by atoms with Gasteiger partial charge in [0.1, 0.15) is 5.82 Å². The van der Waals surface area contributed by atoms with Crippen LogP contribution in [0.4, 0.5) is 10.1 Å². The second kappa shape index (κ2) is 5.66. The normalized spacial score (nSPS) is 28.2. The highest BCUT2D eigenvalue weighted by atomic mass is 35.5. The predicted octanol–water partition coefficient (Wildman–Crippen LogP) is 5.37. The number of anilines is 1. The van der Waals surface area contributed by atoms with Crippen molar-refractivity contribution in [2.75, 3.05) is 5.32 Å². The Morgan fingerprint density at radius 3 is 2.33 bits per heavy atom. The summed E-state index contributed by atoms with van der Waals surface area (Å²) in [5, 5.41) is 4.09. The molecule has 0 amide bonds. The third kappa shape index (κ3) is 3.10. The Kier molecular flexibility index (Phi) is 4.39. The van der Waals surface area contributed by atoms with Gasteiger partial charge in [-0.25, -0.2) is 4.39 Å². The third-order valence-electron chi connectivity index (χ3n) is 3.77. The number of hydrogen-bond acceptors (Lipinski definition) is 1. The summed E-state index contributed by atoms with van der Waals surface area (Å²) in [6.07, 6.45) is 3.51. The molecule has 0 spiro atoms. The molecule has 1 fully saturated rings. The summed E-state index contributed by atoms with van der Waals surface area (Å²) in [5.41, 5.74) is 0.658. The minimum absolute atomic E-state index is 0.353. The SMILES string of the molecule is CC1CCC(Nc2c(Cl)cc(F)cc2Cl)C(C)C1. The Morgan fingerprint density at radius 1 is 1.17 bits per heavy atom. The van der Waals surface area contributed by atoms with Gasteiger partial charge in [-0.1, -0.05) is 37.0 Å². The Morgan fingerprint density at radius 2 is 1.78 bits per heavy atom. The Balaban J connectivity index is 2.14. The van der Waals surface area contributed by atoms with Crippen LogP contribution in [0.1, 0.15) is 33.1 Å². The smallest absolute Gasteiger partial charge is 0.126 e. The molecule has 1 saturated carbocycles. The van der Waals surface area contributed by atoms with E-state index in [0.717, 1.165) is 12.3 Å². The number of rotatable bonds is 2. The highest BCUT2D eigenvalue weighted by Crippen LogP contribution is 2.36. The van der Waals surface area contributed by atoms with Gasteiger partial charge in [-0.3, -0.25) is 0 Å². The quantitative estimate of drug-likeness (QED) is 0.772. The summed E-state index contributed by atoms with van der Waals surface area (Å²) < 4.78 is 13.1. The van der Waals surface area contributed by atoms with Crippen LogP contribution >= 0.6 is 23.2 Å². The molecule has 1 aromatic carbocycles. The molecule has 3 atom stereocenters. The maximum Gasteiger partial charge on any atom is 0.126 e. The van der Waals surface area contributed by atoms with Crippen LogP contribution in [0.3, 0.4) is 0 Å². The fourth-order valence-corrected chi connectivity index (χ4v) is 3.31. The fraction of sp³-hybridized carbons (Fsp3) is 0.571. The zero-order valence-electron chi connectivity index (χ0n) is 10.6. The maximum atomic E-state index is 13.1. The predicted molar refractivity (Wildman–Crippen MR) is 76.0 cm³/mol. The van der Waals surface area contributed by atoms with Crippen LogP contribution in [-0.2, 0) is 0 Å². The highest BCUT2D eigenvalue weighted by Gasteiger charge is 2.26. The van der Waals surface area contributed by atoms with Gasteiger partial charge in [-0.05, 0) is 43.2 Å². The first-order valence-corrected chi connectivity index (χ1v) is 7.14. The van der Waals surface area contributed by atoms with Crippen molar-refractivity contribution in [3.05, 3.63) is 28.0 Å². The van der Waals surface area contributed by atoms with Gasteiger partial charge in [-0.2, -0.15) is 0 Å². The largest absolute Gasteiger partial charge is 0.380 e. The van der Waals surface area contributed by atoms with E-state index in [4.69, 9.17) is 23.2 Å². The van der Waals surface area contributed by atoms with E-state index in [-0.39, 0.29) is 0 Å². The van der Waals surface area contributed by atoms with Crippen LogP contribution in [0, 0.1) is 17.7 Å². The Labute approximate surface area is 118 Å². The molecule has 0 aromatic heterocycles. The van der Waals surface area contributed by atoms with E-state index < -0.39 is 5.82 Å². The van der Waals surface area contributed by atoms with Crippen molar-refractivity contribution in [1.29, 1.82) is 0 Å². The van der Waals surface area contributed by atoms with Gasteiger partial charge < -0.3 is 5.32 Å². The van der Waals surface area contributed by atoms with Crippen molar-refractivity contribution in [3.63, 3.8) is 0 Å². The summed E-state index contributed by atoms with van der Waals surface area (Å²) in [6, 6.07) is 2.96. The molecular formula is C14H18Cl2FN. The minimum atomic E-state index is -0.402. The van der Waals surface area contributed by atoms with Crippen molar-refractivity contribution in [3.8, 4) is 0 Å². The molecule has 0 bridgehead atoms.